The summed E-state index contributed by atoms with van der Waals surface area (Å²) in [5.74, 6) is 0. The van der Waals surface area contributed by atoms with Crippen LogP contribution in [0, 0.1) is 0 Å². The van der Waals surface area contributed by atoms with E-state index in [4.69, 9.17) is 0 Å². The third-order valence-corrected chi connectivity index (χ3v) is 4.39. The second-order valence-corrected chi connectivity index (χ2v) is 6.05. The van der Waals surface area contributed by atoms with Crippen molar-refractivity contribution >= 4 is 34.9 Å². The summed E-state index contributed by atoms with van der Waals surface area (Å²) in [6.07, 6.45) is -0.766. The SMILES string of the molecule is FC(F)(F)c1ccc(C=C2NC(c3nccs3)=CS2)cc1. The molecule has 0 bridgehead atoms. The van der Waals surface area contributed by atoms with Crippen molar-refractivity contribution in [1.82, 2.24) is 10.3 Å². The van der Waals surface area contributed by atoms with Crippen molar-refractivity contribution < 1.29 is 13.2 Å². The van der Waals surface area contributed by atoms with E-state index in [1.165, 1.54) is 35.2 Å². The Morgan fingerprint density at radius 3 is 2.52 bits per heavy atom. The molecule has 1 N–H and O–H groups in total. The monoisotopic (exact) mass is 326 g/mol. The van der Waals surface area contributed by atoms with E-state index in [0.29, 0.717) is 5.56 Å². The lowest BCUT2D eigenvalue weighted by molar-refractivity contribution is -0.137. The Hall–Kier alpha value is -1.73. The molecule has 0 unspecified atom stereocenters. The number of rotatable bonds is 2. The molecule has 108 valence electrons. The van der Waals surface area contributed by atoms with Crippen molar-refractivity contribution in [2.75, 3.05) is 0 Å². The van der Waals surface area contributed by atoms with Crippen molar-refractivity contribution in [2.24, 2.45) is 0 Å². The number of hydrogen-bond acceptors (Lipinski definition) is 4. The van der Waals surface area contributed by atoms with Gasteiger partial charge in [0.15, 0.2) is 0 Å². The molecule has 1 aliphatic rings. The van der Waals surface area contributed by atoms with Gasteiger partial charge in [-0.05, 0) is 23.8 Å². The number of benzene rings is 1. The van der Waals surface area contributed by atoms with Gasteiger partial charge in [0.1, 0.15) is 5.01 Å². The third-order valence-electron chi connectivity index (χ3n) is 2.76. The molecular formula is C14H9F3N2S2. The highest BCUT2D eigenvalue weighted by atomic mass is 32.2. The van der Waals surface area contributed by atoms with Crippen LogP contribution in [0.3, 0.4) is 0 Å². The smallest absolute Gasteiger partial charge is 0.347 e. The molecule has 1 aromatic carbocycles. The molecule has 0 fully saturated rings. The standard InChI is InChI=1S/C14H9F3N2S2/c15-14(16,17)10-3-1-9(2-4-10)7-12-19-11(8-21-12)13-18-5-6-20-13/h1-8,19H. The fraction of sp³-hybridized carbons (Fsp3) is 0.0714. The Morgan fingerprint density at radius 1 is 1.14 bits per heavy atom. The first-order chi connectivity index (χ1) is 10.0. The van der Waals surface area contributed by atoms with E-state index in [-0.39, 0.29) is 0 Å². The maximum atomic E-state index is 12.5. The molecular weight excluding hydrogens is 317 g/mol. The number of thioether (sulfide) groups is 1. The zero-order valence-electron chi connectivity index (χ0n) is 10.5. The largest absolute Gasteiger partial charge is 0.416 e. The number of halogens is 3. The number of thiazole rings is 1. The summed E-state index contributed by atoms with van der Waals surface area (Å²) < 4.78 is 37.5. The van der Waals surface area contributed by atoms with E-state index in [2.05, 4.69) is 10.3 Å². The van der Waals surface area contributed by atoms with Crippen LogP contribution < -0.4 is 5.32 Å². The fourth-order valence-electron chi connectivity index (χ4n) is 1.76. The van der Waals surface area contributed by atoms with Crippen LogP contribution in [0.5, 0.6) is 0 Å². The number of hydrogen-bond donors (Lipinski definition) is 1. The fourth-order valence-corrected chi connectivity index (χ4v) is 3.24. The van der Waals surface area contributed by atoms with Crippen LogP contribution in [0.15, 0.2) is 46.3 Å². The lowest BCUT2D eigenvalue weighted by Gasteiger charge is -2.06. The first-order valence-corrected chi connectivity index (χ1v) is 7.71. The van der Waals surface area contributed by atoms with Crippen LogP contribution in [0.25, 0.3) is 11.8 Å². The van der Waals surface area contributed by atoms with Crippen molar-refractivity contribution in [3.05, 3.63) is 62.4 Å². The van der Waals surface area contributed by atoms with Gasteiger partial charge < -0.3 is 5.32 Å². The van der Waals surface area contributed by atoms with Crippen LogP contribution in [0.2, 0.25) is 0 Å². The molecule has 0 amide bonds. The van der Waals surface area contributed by atoms with E-state index in [9.17, 15) is 13.2 Å². The molecule has 21 heavy (non-hydrogen) atoms. The first kappa shape index (κ1) is 14.2. The first-order valence-electron chi connectivity index (χ1n) is 5.95. The minimum Gasteiger partial charge on any atom is -0.347 e. The van der Waals surface area contributed by atoms with Gasteiger partial charge in [-0.2, -0.15) is 13.2 Å². The summed E-state index contributed by atoms with van der Waals surface area (Å²) in [5, 5.41) is 8.77. The minimum atomic E-state index is -4.30. The van der Waals surface area contributed by atoms with Crippen LogP contribution in [0.1, 0.15) is 16.1 Å². The predicted molar refractivity (Wildman–Crippen MR) is 80.2 cm³/mol. The Bertz CT molecular complexity index is 686. The van der Waals surface area contributed by atoms with Crippen LogP contribution >= 0.6 is 23.1 Å². The van der Waals surface area contributed by atoms with E-state index < -0.39 is 11.7 Å². The summed E-state index contributed by atoms with van der Waals surface area (Å²) in [7, 11) is 0. The van der Waals surface area contributed by atoms with Crippen LogP contribution in [0.4, 0.5) is 13.2 Å². The van der Waals surface area contributed by atoms with Crippen molar-refractivity contribution in [2.45, 2.75) is 6.18 Å². The lowest BCUT2D eigenvalue weighted by atomic mass is 10.1. The Morgan fingerprint density at radius 2 is 1.90 bits per heavy atom. The summed E-state index contributed by atoms with van der Waals surface area (Å²) in [4.78, 5) is 4.20. The van der Waals surface area contributed by atoms with Gasteiger partial charge in [0, 0.05) is 17.0 Å². The highest BCUT2D eigenvalue weighted by Crippen LogP contribution is 2.33. The van der Waals surface area contributed by atoms with Gasteiger partial charge in [-0.1, -0.05) is 23.9 Å². The summed E-state index contributed by atoms with van der Waals surface area (Å²) in [5.41, 5.74) is 0.984. The lowest BCUT2D eigenvalue weighted by Crippen LogP contribution is -2.05. The number of nitrogens with one attached hydrogen (secondary N) is 1. The molecule has 2 nitrogen and oxygen atoms in total. The molecule has 7 heteroatoms. The third kappa shape index (κ3) is 3.30. The predicted octanol–water partition coefficient (Wildman–Crippen LogP) is 4.80. The van der Waals surface area contributed by atoms with Crippen molar-refractivity contribution in [1.29, 1.82) is 0 Å². The maximum absolute atomic E-state index is 12.5. The minimum absolute atomic E-state index is 0.640. The number of alkyl halides is 3. The summed E-state index contributed by atoms with van der Waals surface area (Å²) in [6, 6.07) is 5.08. The Balaban J connectivity index is 1.73. The number of nitrogens with zero attached hydrogens (tertiary/aromatic N) is 1. The average molecular weight is 326 g/mol. The molecule has 0 saturated carbocycles. The molecule has 0 radical (unpaired) electrons. The zero-order valence-corrected chi connectivity index (χ0v) is 12.1. The molecule has 0 saturated heterocycles. The maximum Gasteiger partial charge on any atom is 0.416 e. The van der Waals surface area contributed by atoms with Gasteiger partial charge in [-0.15, -0.1) is 11.3 Å². The number of aromatic nitrogens is 1. The van der Waals surface area contributed by atoms with E-state index in [1.54, 1.807) is 6.20 Å². The van der Waals surface area contributed by atoms with E-state index >= 15 is 0 Å². The Labute approximate surface area is 127 Å². The molecule has 0 spiro atoms. The van der Waals surface area contributed by atoms with Crippen LogP contribution in [-0.4, -0.2) is 4.98 Å². The molecule has 3 rings (SSSR count). The molecule has 0 atom stereocenters. The molecule has 0 aliphatic carbocycles. The van der Waals surface area contributed by atoms with Gasteiger partial charge in [-0.25, -0.2) is 4.98 Å². The second kappa shape index (κ2) is 5.57. The molecule has 2 aromatic rings. The van der Waals surface area contributed by atoms with Gasteiger partial charge in [0.2, 0.25) is 0 Å². The molecule has 1 aliphatic heterocycles. The quantitative estimate of drug-likeness (QED) is 0.858. The molecule has 1 aromatic heterocycles. The van der Waals surface area contributed by atoms with Gasteiger partial charge in [0.05, 0.1) is 16.3 Å². The average Bonchev–Trinajstić information content (AvgIpc) is 3.08. The van der Waals surface area contributed by atoms with Crippen LogP contribution in [-0.2, 0) is 6.18 Å². The van der Waals surface area contributed by atoms with Gasteiger partial charge >= 0.3 is 6.18 Å². The van der Waals surface area contributed by atoms with Crippen molar-refractivity contribution in [3.63, 3.8) is 0 Å². The van der Waals surface area contributed by atoms with Gasteiger partial charge in [0.25, 0.3) is 0 Å². The topological polar surface area (TPSA) is 24.9 Å². The van der Waals surface area contributed by atoms with Crippen molar-refractivity contribution in [3.8, 4) is 0 Å². The highest BCUT2D eigenvalue weighted by molar-refractivity contribution is 8.06. The molecule has 2 heterocycles. The highest BCUT2D eigenvalue weighted by Gasteiger charge is 2.29. The van der Waals surface area contributed by atoms with E-state index in [1.807, 2.05) is 16.9 Å². The normalized spacial score (nSPS) is 16.9. The Kier molecular flexibility index (Phi) is 3.77. The second-order valence-electron chi connectivity index (χ2n) is 4.24. The summed E-state index contributed by atoms with van der Waals surface area (Å²) in [6.45, 7) is 0. The zero-order chi connectivity index (χ0) is 14.9. The van der Waals surface area contributed by atoms with E-state index in [0.717, 1.165) is 27.9 Å². The van der Waals surface area contributed by atoms with Gasteiger partial charge in [-0.3, -0.25) is 0 Å². The summed E-state index contributed by atoms with van der Waals surface area (Å²) >= 11 is 3.01.